The summed E-state index contributed by atoms with van der Waals surface area (Å²) in [4.78, 5) is 3.67. The summed E-state index contributed by atoms with van der Waals surface area (Å²) in [6, 6.07) is 8.84. The van der Waals surface area contributed by atoms with Crippen LogP contribution in [0.3, 0.4) is 0 Å². The number of nitrogens with zero attached hydrogens (tertiary/aromatic N) is 1. The molecule has 0 spiro atoms. The van der Waals surface area contributed by atoms with Gasteiger partial charge < -0.3 is 4.98 Å². The molecule has 33 heavy (non-hydrogen) atoms. The first-order chi connectivity index (χ1) is 14.6. The van der Waals surface area contributed by atoms with Gasteiger partial charge in [0.2, 0.25) is 0 Å². The minimum atomic E-state index is -4.95. The maximum atomic E-state index is 14.2. The second-order valence-corrected chi connectivity index (χ2v) is 7.48. The number of aromatic nitrogens is 1. The van der Waals surface area contributed by atoms with E-state index in [0.29, 0.717) is 18.3 Å². The molecule has 177 valence electrons. The largest absolute Gasteiger partial charge is 0.417 e. The molecular weight excluding hydrogens is 641 g/mol. The summed E-state index contributed by atoms with van der Waals surface area (Å²) in [7, 11) is 0. The van der Waals surface area contributed by atoms with Gasteiger partial charge in [-0.15, -0.1) is 29.3 Å². The number of benzene rings is 2. The monoisotopic (exact) mass is 653 g/mol. The molecule has 1 aromatic heterocycles. The summed E-state index contributed by atoms with van der Waals surface area (Å²) in [6.07, 6.45) is -13.9. The fraction of sp³-hybridized carbons (Fsp3) is 0.227. The van der Waals surface area contributed by atoms with Crippen molar-refractivity contribution in [1.29, 1.82) is 0 Å². The Bertz CT molecular complexity index is 1190. The first-order valence-electron chi connectivity index (χ1n) is 9.02. The van der Waals surface area contributed by atoms with Crippen LogP contribution in [-0.2, 0) is 37.9 Å². The fourth-order valence-electron chi connectivity index (χ4n) is 3.82. The van der Waals surface area contributed by atoms with E-state index >= 15 is 0 Å². The standard InChI is InChI=1S/C22H11F9N.Ir/c1-19(22(29,30)31)16-8-11(18-7-4-13(10-32-18)21(26,27)28)2-5-14(16)15-6-3-12(9-17(15)19)20(23,24)25;/h3-10H,1H3;/q-1;. The number of halogens is 9. The normalized spacial score (nSPS) is 17.9. The van der Waals surface area contributed by atoms with Gasteiger partial charge in [-0.25, -0.2) is 0 Å². The van der Waals surface area contributed by atoms with Crippen molar-refractivity contribution in [1.82, 2.24) is 4.98 Å². The number of hydrogen-bond donors (Lipinski definition) is 0. The van der Waals surface area contributed by atoms with Gasteiger partial charge in [-0.2, -0.15) is 39.5 Å². The molecule has 1 aliphatic carbocycles. The molecule has 0 saturated heterocycles. The molecule has 4 rings (SSSR count). The van der Waals surface area contributed by atoms with Crippen LogP contribution in [0.15, 0.2) is 48.7 Å². The maximum absolute atomic E-state index is 14.2. The zero-order chi connectivity index (χ0) is 23.7. The Hall–Kier alpha value is -2.39. The minimum absolute atomic E-state index is 0. The summed E-state index contributed by atoms with van der Waals surface area (Å²) < 4.78 is 120. The fourth-order valence-corrected chi connectivity index (χ4v) is 3.82. The van der Waals surface area contributed by atoms with E-state index in [2.05, 4.69) is 11.1 Å². The first kappa shape index (κ1) is 25.2. The predicted octanol–water partition coefficient (Wildman–Crippen LogP) is 7.43. The summed E-state index contributed by atoms with van der Waals surface area (Å²) in [5, 5.41) is 0. The van der Waals surface area contributed by atoms with E-state index in [0.717, 1.165) is 31.2 Å². The number of fused-ring (bicyclic) bond motifs is 3. The quantitative estimate of drug-likeness (QED) is 0.197. The van der Waals surface area contributed by atoms with Crippen LogP contribution >= 0.6 is 0 Å². The van der Waals surface area contributed by atoms with Crippen molar-refractivity contribution >= 4 is 0 Å². The molecule has 1 aliphatic rings. The van der Waals surface area contributed by atoms with Crippen LogP contribution in [0.1, 0.15) is 29.2 Å². The van der Waals surface area contributed by atoms with Crippen LogP contribution in [0.2, 0.25) is 0 Å². The van der Waals surface area contributed by atoms with Gasteiger partial charge in [-0.1, -0.05) is 35.4 Å². The van der Waals surface area contributed by atoms with Gasteiger partial charge in [-0.3, -0.25) is 0 Å². The van der Waals surface area contributed by atoms with Crippen LogP contribution in [0.5, 0.6) is 0 Å². The van der Waals surface area contributed by atoms with E-state index in [1.54, 1.807) is 0 Å². The van der Waals surface area contributed by atoms with E-state index in [1.807, 2.05) is 0 Å². The topological polar surface area (TPSA) is 12.9 Å². The van der Waals surface area contributed by atoms with Gasteiger partial charge in [0.15, 0.2) is 0 Å². The molecule has 1 unspecified atom stereocenters. The molecule has 3 aromatic rings. The molecule has 0 N–H and O–H groups in total. The van der Waals surface area contributed by atoms with Gasteiger partial charge in [0, 0.05) is 26.3 Å². The molecule has 1 atom stereocenters. The van der Waals surface area contributed by atoms with Crippen molar-refractivity contribution < 1.29 is 59.6 Å². The van der Waals surface area contributed by atoms with E-state index in [-0.39, 0.29) is 48.1 Å². The molecule has 0 fully saturated rings. The van der Waals surface area contributed by atoms with Crippen molar-refractivity contribution in [3.05, 3.63) is 77.0 Å². The maximum Gasteiger partial charge on any atom is 0.417 e. The van der Waals surface area contributed by atoms with E-state index in [9.17, 15) is 39.5 Å². The summed E-state index contributed by atoms with van der Waals surface area (Å²) in [6.45, 7) is 0.780. The van der Waals surface area contributed by atoms with Crippen molar-refractivity contribution in [3.63, 3.8) is 0 Å². The van der Waals surface area contributed by atoms with Crippen LogP contribution in [0, 0.1) is 6.07 Å². The van der Waals surface area contributed by atoms with Crippen molar-refractivity contribution in [2.45, 2.75) is 30.9 Å². The average molecular weight is 653 g/mol. The van der Waals surface area contributed by atoms with Crippen LogP contribution in [0.4, 0.5) is 39.5 Å². The number of pyridine rings is 1. The Morgan fingerprint density at radius 3 is 1.85 bits per heavy atom. The number of alkyl halides is 9. The van der Waals surface area contributed by atoms with Crippen LogP contribution in [-0.4, -0.2) is 11.2 Å². The summed E-state index contributed by atoms with van der Waals surface area (Å²) in [5.41, 5.74) is -5.94. The SMILES string of the molecule is CC1(C(F)(F)F)c2cc(-c3ccc(C(F)(F)F)cn3)[c-]cc2-c2ccc(C(F)(F)F)cc21.[Ir]. The van der Waals surface area contributed by atoms with E-state index in [4.69, 9.17) is 0 Å². The van der Waals surface area contributed by atoms with Gasteiger partial charge >= 0.3 is 18.5 Å². The third-order valence-electron chi connectivity index (χ3n) is 5.60. The van der Waals surface area contributed by atoms with Gasteiger partial charge in [0.1, 0.15) is 0 Å². The molecule has 0 bridgehead atoms. The molecule has 1 nitrogen and oxygen atoms in total. The third-order valence-corrected chi connectivity index (χ3v) is 5.60. The first-order valence-corrected chi connectivity index (χ1v) is 9.02. The molecule has 0 aliphatic heterocycles. The van der Waals surface area contributed by atoms with Gasteiger partial charge in [0.05, 0.1) is 16.5 Å². The Labute approximate surface area is 195 Å². The van der Waals surface area contributed by atoms with Crippen LogP contribution in [0.25, 0.3) is 22.4 Å². The molecule has 0 amide bonds. The second-order valence-electron chi connectivity index (χ2n) is 7.48. The Morgan fingerprint density at radius 2 is 1.33 bits per heavy atom. The summed E-state index contributed by atoms with van der Waals surface area (Å²) in [5.74, 6) is 0. The van der Waals surface area contributed by atoms with E-state index < -0.39 is 40.6 Å². The van der Waals surface area contributed by atoms with Crippen molar-refractivity contribution in [3.8, 4) is 22.4 Å². The van der Waals surface area contributed by atoms with Crippen molar-refractivity contribution in [2.24, 2.45) is 0 Å². The zero-order valence-electron chi connectivity index (χ0n) is 16.3. The molecular formula is C22H11F9IrN-. The summed E-state index contributed by atoms with van der Waals surface area (Å²) >= 11 is 0. The second kappa shape index (κ2) is 7.84. The predicted molar refractivity (Wildman–Crippen MR) is 96.5 cm³/mol. The van der Waals surface area contributed by atoms with Crippen LogP contribution < -0.4 is 0 Å². The van der Waals surface area contributed by atoms with Crippen molar-refractivity contribution in [2.75, 3.05) is 0 Å². The molecule has 0 saturated carbocycles. The Morgan fingerprint density at radius 1 is 0.758 bits per heavy atom. The minimum Gasteiger partial charge on any atom is -0.304 e. The number of hydrogen-bond acceptors (Lipinski definition) is 1. The molecule has 2 aromatic carbocycles. The van der Waals surface area contributed by atoms with E-state index in [1.165, 1.54) is 6.07 Å². The average Bonchev–Trinajstić information content (AvgIpc) is 2.96. The Balaban J connectivity index is 0.00000306. The smallest absolute Gasteiger partial charge is 0.304 e. The Kier molecular flexibility index (Phi) is 5.99. The zero-order valence-corrected chi connectivity index (χ0v) is 18.7. The molecule has 1 heterocycles. The third kappa shape index (κ3) is 4.05. The number of rotatable bonds is 1. The molecule has 1 radical (unpaired) electrons. The van der Waals surface area contributed by atoms with Gasteiger partial charge in [-0.05, 0) is 24.2 Å². The molecule has 11 heteroatoms. The van der Waals surface area contributed by atoms with Gasteiger partial charge in [0.25, 0.3) is 0 Å².